The first-order valence-corrected chi connectivity index (χ1v) is 6.43. The van der Waals surface area contributed by atoms with Gasteiger partial charge >= 0.3 is 0 Å². The molecule has 0 unspecified atom stereocenters. The summed E-state index contributed by atoms with van der Waals surface area (Å²) in [5.41, 5.74) is 0. The molecule has 0 fully saturated rings. The van der Waals surface area contributed by atoms with Crippen molar-refractivity contribution in [3.05, 3.63) is 43.4 Å². The normalized spacial score (nSPS) is 11.6. The highest BCUT2D eigenvalue weighted by Gasteiger charge is 2.16. The summed E-state index contributed by atoms with van der Waals surface area (Å²) in [5, 5.41) is 1.37. The van der Waals surface area contributed by atoms with E-state index in [9.17, 15) is 8.42 Å². The minimum absolute atomic E-state index is 0.198. The quantitative estimate of drug-likeness (QED) is 0.905. The third-order valence-corrected chi connectivity index (χ3v) is 3.86. The van der Waals surface area contributed by atoms with Crippen LogP contribution < -0.4 is 9.46 Å². The highest BCUT2D eigenvalue weighted by molar-refractivity contribution is 7.89. The molecule has 5 heteroatoms. The van der Waals surface area contributed by atoms with Gasteiger partial charge in [-0.15, -0.1) is 0 Å². The summed E-state index contributed by atoms with van der Waals surface area (Å²) < 4.78 is 30.9. The number of hydrogen-bond donors (Lipinski definition) is 1. The van der Waals surface area contributed by atoms with E-state index in [1.807, 2.05) is 12.1 Å². The lowest BCUT2D eigenvalue weighted by Gasteiger charge is -2.10. The van der Waals surface area contributed by atoms with Crippen LogP contribution in [0.3, 0.4) is 0 Å². The van der Waals surface area contributed by atoms with Crippen molar-refractivity contribution < 1.29 is 13.2 Å². The third-order valence-electron chi connectivity index (χ3n) is 2.54. The van der Waals surface area contributed by atoms with Gasteiger partial charge in [0.1, 0.15) is 5.75 Å². The molecule has 0 saturated carbocycles. The van der Waals surface area contributed by atoms with Gasteiger partial charge in [-0.1, -0.05) is 24.3 Å². The molecule has 2 aromatic carbocycles. The number of benzene rings is 2. The van der Waals surface area contributed by atoms with E-state index >= 15 is 0 Å². The summed E-state index contributed by atoms with van der Waals surface area (Å²) in [6.45, 7) is 0. The Morgan fingerprint density at radius 1 is 1.12 bits per heavy atom. The molecule has 2 aromatic rings. The van der Waals surface area contributed by atoms with Crippen LogP contribution in [0.15, 0.2) is 41.3 Å². The Hall–Kier alpha value is -1.59. The topological polar surface area (TPSA) is 55.4 Å². The SMILES string of the molecule is [CH2]NS(=O)(=O)c1ccc(OC)c2ccccc12. The first kappa shape index (κ1) is 11.9. The van der Waals surface area contributed by atoms with Gasteiger partial charge in [0, 0.05) is 17.8 Å². The summed E-state index contributed by atoms with van der Waals surface area (Å²) in [6.07, 6.45) is 0. The second-order valence-corrected chi connectivity index (χ2v) is 5.19. The Morgan fingerprint density at radius 2 is 1.76 bits per heavy atom. The Kier molecular flexibility index (Phi) is 3.04. The number of rotatable bonds is 3. The van der Waals surface area contributed by atoms with E-state index in [2.05, 4.69) is 11.8 Å². The van der Waals surface area contributed by atoms with Crippen molar-refractivity contribution in [3.8, 4) is 5.75 Å². The molecule has 0 aromatic heterocycles. The number of fused-ring (bicyclic) bond motifs is 1. The monoisotopic (exact) mass is 250 g/mol. The largest absolute Gasteiger partial charge is 0.496 e. The van der Waals surface area contributed by atoms with Crippen molar-refractivity contribution in [2.45, 2.75) is 4.90 Å². The smallest absolute Gasteiger partial charge is 0.241 e. The zero-order valence-electron chi connectivity index (χ0n) is 9.30. The molecule has 2 rings (SSSR count). The summed E-state index contributed by atoms with van der Waals surface area (Å²) in [5.74, 6) is 0.642. The van der Waals surface area contributed by atoms with Gasteiger partial charge in [-0.2, -0.15) is 0 Å². The average molecular weight is 250 g/mol. The molecule has 4 nitrogen and oxygen atoms in total. The summed E-state index contributed by atoms with van der Waals surface area (Å²) >= 11 is 0. The molecule has 0 aliphatic rings. The number of methoxy groups -OCH3 is 1. The van der Waals surface area contributed by atoms with Gasteiger partial charge < -0.3 is 4.74 Å². The maximum Gasteiger partial charge on any atom is 0.241 e. The molecule has 0 spiro atoms. The van der Waals surface area contributed by atoms with E-state index in [4.69, 9.17) is 4.74 Å². The van der Waals surface area contributed by atoms with Crippen molar-refractivity contribution >= 4 is 20.8 Å². The van der Waals surface area contributed by atoms with Gasteiger partial charge in [0.15, 0.2) is 0 Å². The van der Waals surface area contributed by atoms with Crippen molar-refractivity contribution in [2.75, 3.05) is 7.11 Å². The molecule has 0 heterocycles. The molecule has 89 valence electrons. The van der Waals surface area contributed by atoms with Crippen LogP contribution in [0.5, 0.6) is 5.75 Å². The van der Waals surface area contributed by atoms with Crippen molar-refractivity contribution in [1.82, 2.24) is 4.72 Å². The van der Waals surface area contributed by atoms with E-state index in [1.54, 1.807) is 25.3 Å². The molecule has 0 saturated heterocycles. The lowest BCUT2D eigenvalue weighted by molar-refractivity contribution is 0.419. The van der Waals surface area contributed by atoms with Crippen molar-refractivity contribution in [1.29, 1.82) is 0 Å². The first-order chi connectivity index (χ1) is 8.10. The fourth-order valence-electron chi connectivity index (χ4n) is 1.73. The van der Waals surface area contributed by atoms with Crippen LogP contribution in [0.25, 0.3) is 10.8 Å². The molecule has 0 aliphatic carbocycles. The van der Waals surface area contributed by atoms with Crippen LogP contribution in [-0.4, -0.2) is 15.5 Å². The first-order valence-electron chi connectivity index (χ1n) is 4.95. The lowest BCUT2D eigenvalue weighted by Crippen LogP contribution is -2.16. The fraction of sp³-hybridized carbons (Fsp3) is 0.0833. The zero-order chi connectivity index (χ0) is 12.5. The summed E-state index contributed by atoms with van der Waals surface area (Å²) in [6, 6.07) is 10.3. The molecular weight excluding hydrogens is 238 g/mol. The summed E-state index contributed by atoms with van der Waals surface area (Å²) in [7, 11) is 1.20. The lowest BCUT2D eigenvalue weighted by atomic mass is 10.1. The Bertz CT molecular complexity index is 650. The highest BCUT2D eigenvalue weighted by atomic mass is 32.2. The minimum Gasteiger partial charge on any atom is -0.496 e. The van der Waals surface area contributed by atoms with Crippen LogP contribution >= 0.6 is 0 Å². The molecule has 0 amide bonds. The molecule has 0 atom stereocenters. The molecule has 17 heavy (non-hydrogen) atoms. The Morgan fingerprint density at radius 3 is 2.35 bits per heavy atom. The van der Waals surface area contributed by atoms with Gasteiger partial charge in [0.25, 0.3) is 0 Å². The fourth-order valence-corrected chi connectivity index (χ4v) is 2.60. The molecule has 1 N–H and O–H groups in total. The van der Waals surface area contributed by atoms with Crippen LogP contribution in [0.4, 0.5) is 0 Å². The molecule has 0 aliphatic heterocycles. The molecular formula is C12H12NO3S. The number of ether oxygens (including phenoxy) is 1. The second kappa shape index (κ2) is 4.35. The van der Waals surface area contributed by atoms with Gasteiger partial charge in [0.05, 0.1) is 12.0 Å². The van der Waals surface area contributed by atoms with Crippen LogP contribution in [0.2, 0.25) is 0 Å². The number of hydrogen-bond acceptors (Lipinski definition) is 3. The summed E-state index contributed by atoms with van der Waals surface area (Å²) in [4.78, 5) is 0.198. The third kappa shape index (κ3) is 1.99. The van der Waals surface area contributed by atoms with E-state index in [1.165, 1.54) is 6.07 Å². The van der Waals surface area contributed by atoms with E-state index < -0.39 is 10.0 Å². The minimum atomic E-state index is -3.57. The van der Waals surface area contributed by atoms with E-state index in [-0.39, 0.29) is 4.90 Å². The number of nitrogens with one attached hydrogen (secondary N) is 1. The maximum absolute atomic E-state index is 11.8. The predicted molar refractivity (Wildman–Crippen MR) is 66.2 cm³/mol. The van der Waals surface area contributed by atoms with E-state index in [0.29, 0.717) is 11.1 Å². The van der Waals surface area contributed by atoms with Crippen LogP contribution in [0.1, 0.15) is 0 Å². The Balaban J connectivity index is 2.85. The zero-order valence-corrected chi connectivity index (χ0v) is 10.1. The number of sulfonamides is 1. The van der Waals surface area contributed by atoms with Crippen LogP contribution in [-0.2, 0) is 10.0 Å². The molecule has 0 bridgehead atoms. The van der Waals surface area contributed by atoms with Gasteiger partial charge in [-0.3, -0.25) is 0 Å². The standard InChI is InChI=1S/C12H12NO3S/c1-13-17(14,15)12-8-7-11(16-2)9-5-3-4-6-10(9)12/h3-8,13H,1H2,2H3. The Labute approximate surface area is 100 Å². The van der Waals surface area contributed by atoms with Crippen LogP contribution in [0, 0.1) is 7.05 Å². The van der Waals surface area contributed by atoms with Crippen molar-refractivity contribution in [3.63, 3.8) is 0 Å². The predicted octanol–water partition coefficient (Wildman–Crippen LogP) is 1.92. The average Bonchev–Trinajstić information content (AvgIpc) is 2.37. The van der Waals surface area contributed by atoms with Crippen molar-refractivity contribution in [2.24, 2.45) is 0 Å². The van der Waals surface area contributed by atoms with Gasteiger partial charge in [-0.05, 0) is 12.1 Å². The van der Waals surface area contributed by atoms with Gasteiger partial charge in [-0.25, -0.2) is 13.1 Å². The highest BCUT2D eigenvalue weighted by Crippen LogP contribution is 2.30. The van der Waals surface area contributed by atoms with Gasteiger partial charge in [0.2, 0.25) is 10.0 Å². The van der Waals surface area contributed by atoms with E-state index in [0.717, 1.165) is 5.39 Å². The molecule has 1 radical (unpaired) electrons. The second-order valence-electron chi connectivity index (χ2n) is 3.46. The maximum atomic E-state index is 11.8.